The molecule has 0 radical (unpaired) electrons. The van der Waals surface area contributed by atoms with Crippen LogP contribution in [-0.2, 0) is 7.05 Å². The standard InChI is InChI=1S/C17H13BrN4O/c1-22-10-11(9-19-22)17-20-14-8-7-13(18)16(15(14)21-17)23-12-5-3-2-4-6-12/h2-10H,1H3,(H,20,21). The molecular formula is C17H13BrN4O. The first-order chi connectivity index (χ1) is 11.2. The van der Waals surface area contributed by atoms with Crippen molar-refractivity contribution in [3.05, 3.63) is 59.3 Å². The topological polar surface area (TPSA) is 55.7 Å². The third-order valence-electron chi connectivity index (χ3n) is 3.50. The number of aromatic nitrogens is 4. The van der Waals surface area contributed by atoms with E-state index in [1.165, 1.54) is 0 Å². The maximum Gasteiger partial charge on any atom is 0.169 e. The fourth-order valence-electron chi connectivity index (χ4n) is 2.41. The highest BCUT2D eigenvalue weighted by Crippen LogP contribution is 2.36. The predicted octanol–water partition coefficient (Wildman–Crippen LogP) is 4.52. The number of aromatic amines is 1. The zero-order valence-corrected chi connectivity index (χ0v) is 13.9. The van der Waals surface area contributed by atoms with E-state index in [0.29, 0.717) is 5.75 Å². The lowest BCUT2D eigenvalue weighted by molar-refractivity contribution is 0.484. The minimum absolute atomic E-state index is 0.695. The molecule has 2 aromatic heterocycles. The van der Waals surface area contributed by atoms with Gasteiger partial charge in [0, 0.05) is 13.2 Å². The van der Waals surface area contributed by atoms with Crippen LogP contribution < -0.4 is 4.74 Å². The molecule has 0 aliphatic rings. The van der Waals surface area contributed by atoms with E-state index < -0.39 is 0 Å². The summed E-state index contributed by atoms with van der Waals surface area (Å²) < 4.78 is 8.64. The van der Waals surface area contributed by atoms with Crippen LogP contribution in [0.3, 0.4) is 0 Å². The van der Waals surface area contributed by atoms with Gasteiger partial charge >= 0.3 is 0 Å². The average molecular weight is 369 g/mol. The van der Waals surface area contributed by atoms with Crippen molar-refractivity contribution in [2.75, 3.05) is 0 Å². The molecule has 1 N–H and O–H groups in total. The second-order valence-electron chi connectivity index (χ2n) is 5.18. The molecule has 4 aromatic rings. The first kappa shape index (κ1) is 14.0. The Labute approximate surface area is 141 Å². The number of benzene rings is 2. The summed E-state index contributed by atoms with van der Waals surface area (Å²) in [6.45, 7) is 0. The summed E-state index contributed by atoms with van der Waals surface area (Å²) in [7, 11) is 1.88. The lowest BCUT2D eigenvalue weighted by atomic mass is 10.3. The van der Waals surface area contributed by atoms with Crippen LogP contribution in [0.15, 0.2) is 59.3 Å². The van der Waals surface area contributed by atoms with Crippen LogP contribution >= 0.6 is 15.9 Å². The van der Waals surface area contributed by atoms with Crippen molar-refractivity contribution >= 4 is 27.0 Å². The average Bonchev–Trinajstić information content (AvgIpc) is 3.17. The van der Waals surface area contributed by atoms with Crippen molar-refractivity contribution in [2.24, 2.45) is 7.05 Å². The second kappa shape index (κ2) is 5.55. The van der Waals surface area contributed by atoms with E-state index in [4.69, 9.17) is 4.74 Å². The third kappa shape index (κ3) is 2.61. The number of para-hydroxylation sites is 1. The van der Waals surface area contributed by atoms with E-state index in [9.17, 15) is 0 Å². The summed E-state index contributed by atoms with van der Waals surface area (Å²) in [6, 6.07) is 13.6. The molecule has 0 saturated carbocycles. The van der Waals surface area contributed by atoms with Gasteiger partial charge in [-0.25, -0.2) is 4.98 Å². The number of hydrogen-bond donors (Lipinski definition) is 1. The summed E-state index contributed by atoms with van der Waals surface area (Å²) in [4.78, 5) is 8.00. The van der Waals surface area contributed by atoms with Gasteiger partial charge in [-0.15, -0.1) is 0 Å². The minimum atomic E-state index is 0.695. The van der Waals surface area contributed by atoms with Crippen molar-refractivity contribution in [2.45, 2.75) is 0 Å². The highest BCUT2D eigenvalue weighted by molar-refractivity contribution is 9.10. The van der Waals surface area contributed by atoms with Gasteiger partial charge in [-0.2, -0.15) is 5.10 Å². The Morgan fingerprint density at radius 1 is 1.13 bits per heavy atom. The number of halogens is 1. The zero-order valence-electron chi connectivity index (χ0n) is 12.3. The maximum absolute atomic E-state index is 6.03. The predicted molar refractivity (Wildman–Crippen MR) is 92.5 cm³/mol. The largest absolute Gasteiger partial charge is 0.454 e. The van der Waals surface area contributed by atoms with E-state index in [1.807, 2.05) is 55.7 Å². The highest BCUT2D eigenvalue weighted by atomic mass is 79.9. The molecular weight excluding hydrogens is 356 g/mol. The Balaban J connectivity index is 1.83. The fourth-order valence-corrected chi connectivity index (χ4v) is 2.81. The van der Waals surface area contributed by atoms with Crippen molar-refractivity contribution < 1.29 is 4.74 Å². The SMILES string of the molecule is Cn1cc(-c2nc3c(Oc4ccccc4)c(Br)ccc3[nH]2)cn1. The monoisotopic (exact) mass is 368 g/mol. The van der Waals surface area contributed by atoms with Crippen LogP contribution in [0, 0.1) is 0 Å². The first-order valence-electron chi connectivity index (χ1n) is 7.11. The summed E-state index contributed by atoms with van der Waals surface area (Å²) in [5, 5.41) is 4.19. The smallest absolute Gasteiger partial charge is 0.169 e. The van der Waals surface area contributed by atoms with Gasteiger partial charge in [0.1, 0.15) is 17.1 Å². The third-order valence-corrected chi connectivity index (χ3v) is 4.13. The molecule has 5 nitrogen and oxygen atoms in total. The molecule has 2 heterocycles. The van der Waals surface area contributed by atoms with Crippen molar-refractivity contribution in [3.63, 3.8) is 0 Å². The molecule has 0 atom stereocenters. The highest BCUT2D eigenvalue weighted by Gasteiger charge is 2.14. The van der Waals surface area contributed by atoms with E-state index in [1.54, 1.807) is 10.9 Å². The number of H-pyrrole nitrogens is 1. The van der Waals surface area contributed by atoms with Crippen molar-refractivity contribution in [3.8, 4) is 22.9 Å². The number of hydrogen-bond acceptors (Lipinski definition) is 3. The molecule has 114 valence electrons. The zero-order chi connectivity index (χ0) is 15.8. The maximum atomic E-state index is 6.03. The van der Waals surface area contributed by atoms with Crippen LogP contribution in [0.5, 0.6) is 11.5 Å². The van der Waals surface area contributed by atoms with Crippen LogP contribution in [0.25, 0.3) is 22.4 Å². The van der Waals surface area contributed by atoms with E-state index >= 15 is 0 Å². The number of nitrogens with zero attached hydrogens (tertiary/aromatic N) is 3. The van der Waals surface area contributed by atoms with Gasteiger partial charge < -0.3 is 9.72 Å². The van der Waals surface area contributed by atoms with Crippen molar-refractivity contribution in [1.29, 1.82) is 0 Å². The van der Waals surface area contributed by atoms with E-state index in [2.05, 4.69) is 31.0 Å². The molecule has 0 unspecified atom stereocenters. The van der Waals surface area contributed by atoms with Gasteiger partial charge in [0.25, 0.3) is 0 Å². The lowest BCUT2D eigenvalue weighted by Gasteiger charge is -2.07. The Morgan fingerprint density at radius 3 is 2.70 bits per heavy atom. The van der Waals surface area contributed by atoms with Gasteiger partial charge in [-0.1, -0.05) is 18.2 Å². The summed E-state index contributed by atoms with van der Waals surface area (Å²) >= 11 is 3.55. The van der Waals surface area contributed by atoms with Gasteiger partial charge in [0.05, 0.1) is 21.7 Å². The molecule has 2 aromatic carbocycles. The number of imidazole rings is 1. The molecule has 0 saturated heterocycles. The molecule has 0 fully saturated rings. The molecule has 23 heavy (non-hydrogen) atoms. The normalized spacial score (nSPS) is 11.0. The molecule has 6 heteroatoms. The van der Waals surface area contributed by atoms with Gasteiger partial charge in [-0.3, -0.25) is 4.68 Å². The summed E-state index contributed by atoms with van der Waals surface area (Å²) in [5.41, 5.74) is 2.63. The van der Waals surface area contributed by atoms with Crippen molar-refractivity contribution in [1.82, 2.24) is 19.7 Å². The molecule has 0 bridgehead atoms. The number of ether oxygens (including phenoxy) is 1. The number of fused-ring (bicyclic) bond motifs is 1. The molecule has 4 rings (SSSR count). The number of nitrogens with one attached hydrogen (secondary N) is 1. The molecule has 0 amide bonds. The molecule has 0 aliphatic carbocycles. The molecule has 0 aliphatic heterocycles. The second-order valence-corrected chi connectivity index (χ2v) is 6.03. The molecule has 0 spiro atoms. The van der Waals surface area contributed by atoms with Gasteiger partial charge in [-0.05, 0) is 40.2 Å². The Hall–Kier alpha value is -2.60. The summed E-state index contributed by atoms with van der Waals surface area (Å²) in [5.74, 6) is 2.23. The van der Waals surface area contributed by atoms with Gasteiger partial charge in [0.2, 0.25) is 0 Å². The summed E-state index contributed by atoms with van der Waals surface area (Å²) in [6.07, 6.45) is 3.70. The lowest BCUT2D eigenvalue weighted by Crippen LogP contribution is -1.87. The van der Waals surface area contributed by atoms with Crippen LogP contribution in [-0.4, -0.2) is 19.7 Å². The Kier molecular flexibility index (Phi) is 3.38. The van der Waals surface area contributed by atoms with Gasteiger partial charge in [0.15, 0.2) is 5.75 Å². The van der Waals surface area contributed by atoms with E-state index in [0.717, 1.165) is 32.6 Å². The fraction of sp³-hybridized carbons (Fsp3) is 0.0588. The number of aryl methyl sites for hydroxylation is 1. The quantitative estimate of drug-likeness (QED) is 0.578. The Morgan fingerprint density at radius 2 is 1.96 bits per heavy atom. The number of rotatable bonds is 3. The minimum Gasteiger partial charge on any atom is -0.454 e. The van der Waals surface area contributed by atoms with E-state index in [-0.39, 0.29) is 0 Å². The Bertz CT molecular complexity index is 975. The van der Waals surface area contributed by atoms with Crippen LogP contribution in [0.2, 0.25) is 0 Å². The van der Waals surface area contributed by atoms with Crippen LogP contribution in [0.1, 0.15) is 0 Å². The van der Waals surface area contributed by atoms with Crippen LogP contribution in [0.4, 0.5) is 0 Å². The first-order valence-corrected chi connectivity index (χ1v) is 7.90.